The van der Waals surface area contributed by atoms with Crippen LogP contribution in [0.25, 0.3) is 0 Å². The molecule has 0 saturated carbocycles. The number of aromatic nitrogens is 2. The zero-order valence-corrected chi connectivity index (χ0v) is 11.8. The maximum absolute atomic E-state index is 10.4. The molecule has 0 aliphatic rings. The first kappa shape index (κ1) is 14.9. The van der Waals surface area contributed by atoms with Crippen LogP contribution in [0.2, 0.25) is 0 Å². The highest BCUT2D eigenvalue weighted by molar-refractivity contribution is 4.97. The first-order valence-corrected chi connectivity index (χ1v) is 6.88. The summed E-state index contributed by atoms with van der Waals surface area (Å²) >= 11 is 0. The van der Waals surface area contributed by atoms with E-state index in [4.69, 9.17) is 0 Å². The van der Waals surface area contributed by atoms with Gasteiger partial charge in [-0.1, -0.05) is 22.5 Å². The van der Waals surface area contributed by atoms with Gasteiger partial charge in [0.2, 0.25) is 11.4 Å². The summed E-state index contributed by atoms with van der Waals surface area (Å²) in [5.41, 5.74) is 1.81. The third kappa shape index (κ3) is 4.24. The van der Waals surface area contributed by atoms with Crippen LogP contribution in [-0.2, 0) is 26.2 Å². The van der Waals surface area contributed by atoms with Crippen molar-refractivity contribution in [1.82, 2.24) is 0 Å². The molecule has 0 aromatic carbocycles. The summed E-state index contributed by atoms with van der Waals surface area (Å²) in [6.07, 6.45) is 4.79. The molecule has 0 amide bonds. The molecule has 0 aliphatic carbocycles. The highest BCUT2D eigenvalue weighted by Crippen LogP contribution is 1.97. The lowest BCUT2D eigenvalue weighted by Gasteiger charge is -2.02. The lowest BCUT2D eigenvalue weighted by Crippen LogP contribution is -2.42. The Kier molecular flexibility index (Phi) is 5.63. The number of nitroso groups, excluding NO2 is 2. The maximum Gasteiger partial charge on any atom is 0.206 e. The van der Waals surface area contributed by atoms with Crippen molar-refractivity contribution in [2.45, 2.75) is 32.6 Å². The molecule has 0 N–H and O–H groups in total. The van der Waals surface area contributed by atoms with E-state index in [0.717, 1.165) is 30.9 Å². The Morgan fingerprint density at radius 1 is 0.762 bits per heavy atom. The molecule has 0 atom stereocenters. The minimum absolute atomic E-state index is 0.180. The first-order chi connectivity index (χ1) is 10.3. The smallest absolute Gasteiger partial charge is 0.200 e. The number of nitrogens with zero attached hydrogens (tertiary/aromatic N) is 4. The number of hydrogen-bond acceptors (Lipinski definition) is 4. The molecule has 6 heteroatoms. The van der Waals surface area contributed by atoms with Crippen LogP contribution in [0.4, 0.5) is 0 Å². The Bertz CT molecular complexity index is 563. The van der Waals surface area contributed by atoms with Crippen molar-refractivity contribution in [2.75, 3.05) is 0 Å². The number of aryl methyl sites for hydroxylation is 2. The monoisotopic (exact) mass is 286 g/mol. The number of hydrogen-bond donors (Lipinski definition) is 0. The van der Waals surface area contributed by atoms with Gasteiger partial charge in [0.25, 0.3) is 0 Å². The van der Waals surface area contributed by atoms with Gasteiger partial charge in [0.1, 0.15) is 0 Å². The van der Waals surface area contributed by atoms with Crippen molar-refractivity contribution in [1.29, 1.82) is 0 Å². The SMILES string of the molecule is O=NCc1cccc[n+]1CCC[n+]1ccccc1CN=O. The Morgan fingerprint density at radius 2 is 1.24 bits per heavy atom. The predicted molar refractivity (Wildman–Crippen MR) is 76.9 cm³/mol. The van der Waals surface area contributed by atoms with Crippen molar-refractivity contribution < 1.29 is 9.13 Å². The van der Waals surface area contributed by atoms with Gasteiger partial charge in [-0.05, 0) is 0 Å². The summed E-state index contributed by atoms with van der Waals surface area (Å²) in [7, 11) is 0. The number of rotatable bonds is 8. The van der Waals surface area contributed by atoms with Gasteiger partial charge in [-0.3, -0.25) is 0 Å². The largest absolute Gasteiger partial charge is 0.206 e. The van der Waals surface area contributed by atoms with Crippen molar-refractivity contribution in [3.05, 3.63) is 70.0 Å². The Morgan fingerprint density at radius 3 is 1.67 bits per heavy atom. The molecule has 6 nitrogen and oxygen atoms in total. The van der Waals surface area contributed by atoms with Crippen LogP contribution in [0.5, 0.6) is 0 Å². The Labute approximate surface area is 123 Å². The van der Waals surface area contributed by atoms with Gasteiger partial charge in [-0.25, -0.2) is 9.13 Å². The molecule has 0 fully saturated rings. The number of pyridine rings is 2. The van der Waals surface area contributed by atoms with E-state index in [1.807, 2.05) is 57.9 Å². The summed E-state index contributed by atoms with van der Waals surface area (Å²) < 4.78 is 4.06. The third-order valence-electron chi connectivity index (χ3n) is 3.32. The molecular weight excluding hydrogens is 268 g/mol. The molecule has 0 spiro atoms. The molecule has 21 heavy (non-hydrogen) atoms. The van der Waals surface area contributed by atoms with Crippen molar-refractivity contribution >= 4 is 0 Å². The van der Waals surface area contributed by atoms with Gasteiger partial charge >= 0.3 is 0 Å². The van der Waals surface area contributed by atoms with Crippen LogP contribution in [0.3, 0.4) is 0 Å². The predicted octanol–water partition coefficient (Wildman–Crippen LogP) is 1.88. The minimum atomic E-state index is 0.180. The van der Waals surface area contributed by atoms with Gasteiger partial charge in [0, 0.05) is 24.3 Å². The van der Waals surface area contributed by atoms with E-state index >= 15 is 0 Å². The summed E-state index contributed by atoms with van der Waals surface area (Å²) in [4.78, 5) is 20.9. The fourth-order valence-corrected chi connectivity index (χ4v) is 2.29. The van der Waals surface area contributed by atoms with Crippen LogP contribution >= 0.6 is 0 Å². The minimum Gasteiger partial charge on any atom is -0.200 e. The highest BCUT2D eigenvalue weighted by atomic mass is 16.3. The van der Waals surface area contributed by atoms with Crippen LogP contribution in [0.1, 0.15) is 17.8 Å². The molecule has 2 aromatic heterocycles. The average Bonchev–Trinajstić information content (AvgIpc) is 2.51. The normalized spacial score (nSPS) is 10.3. The van der Waals surface area contributed by atoms with Crippen molar-refractivity contribution in [3.8, 4) is 0 Å². The molecule has 2 heterocycles. The van der Waals surface area contributed by atoms with E-state index in [2.05, 4.69) is 10.4 Å². The highest BCUT2D eigenvalue weighted by Gasteiger charge is 2.13. The van der Waals surface area contributed by atoms with E-state index in [-0.39, 0.29) is 13.1 Å². The maximum atomic E-state index is 10.4. The van der Waals surface area contributed by atoms with Gasteiger partial charge in [0.15, 0.2) is 38.6 Å². The summed E-state index contributed by atoms with van der Waals surface area (Å²) in [6, 6.07) is 11.5. The van der Waals surface area contributed by atoms with Crippen molar-refractivity contribution in [3.63, 3.8) is 0 Å². The lowest BCUT2D eigenvalue weighted by molar-refractivity contribution is -0.733. The van der Waals surface area contributed by atoms with Gasteiger partial charge < -0.3 is 0 Å². The molecule has 0 saturated heterocycles. The summed E-state index contributed by atoms with van der Waals surface area (Å²) in [5.74, 6) is 0. The van der Waals surface area contributed by atoms with E-state index in [1.54, 1.807) is 0 Å². The standard InChI is InChI=1S/C15H18N4O2/c20-16-12-14-6-1-3-8-18(14)10-5-11-19-9-4-2-7-15(19)13-17-21/h1-4,6-9H,5,10-13H2/q+2. The van der Waals surface area contributed by atoms with Crippen LogP contribution < -0.4 is 9.13 Å². The van der Waals surface area contributed by atoms with E-state index < -0.39 is 0 Å². The quantitative estimate of drug-likeness (QED) is 0.549. The fraction of sp³-hybridized carbons (Fsp3) is 0.333. The van der Waals surface area contributed by atoms with Crippen LogP contribution in [-0.4, -0.2) is 0 Å². The van der Waals surface area contributed by atoms with Crippen LogP contribution in [0.15, 0.2) is 59.1 Å². The first-order valence-electron chi connectivity index (χ1n) is 6.88. The zero-order valence-electron chi connectivity index (χ0n) is 11.8. The summed E-state index contributed by atoms with van der Waals surface area (Å²) in [6.45, 7) is 1.95. The topological polar surface area (TPSA) is 66.6 Å². The Hall–Kier alpha value is -2.50. The second-order valence-corrected chi connectivity index (χ2v) is 4.70. The van der Waals surface area contributed by atoms with E-state index in [0.29, 0.717) is 0 Å². The molecule has 2 rings (SSSR count). The molecule has 0 bridgehead atoms. The molecule has 0 aliphatic heterocycles. The third-order valence-corrected chi connectivity index (χ3v) is 3.32. The molecule has 108 valence electrons. The van der Waals surface area contributed by atoms with E-state index in [1.165, 1.54) is 0 Å². The Balaban J connectivity index is 1.98. The van der Waals surface area contributed by atoms with Gasteiger partial charge in [0.05, 0.1) is 6.42 Å². The van der Waals surface area contributed by atoms with E-state index in [9.17, 15) is 9.81 Å². The van der Waals surface area contributed by atoms with Gasteiger partial charge in [-0.15, -0.1) is 0 Å². The second kappa shape index (κ2) is 7.94. The fourth-order valence-electron chi connectivity index (χ4n) is 2.29. The zero-order chi connectivity index (χ0) is 14.9. The lowest BCUT2D eigenvalue weighted by atomic mass is 10.3. The summed E-state index contributed by atoms with van der Waals surface area (Å²) in [5, 5.41) is 5.90. The second-order valence-electron chi connectivity index (χ2n) is 4.70. The molecule has 0 radical (unpaired) electrons. The molecule has 0 unspecified atom stereocenters. The average molecular weight is 286 g/mol. The molecular formula is C15H18N4O2+2. The molecule has 2 aromatic rings. The van der Waals surface area contributed by atoms with Crippen LogP contribution in [0, 0.1) is 9.81 Å². The van der Waals surface area contributed by atoms with Gasteiger partial charge in [-0.2, -0.15) is 9.81 Å². The van der Waals surface area contributed by atoms with Crippen molar-refractivity contribution in [2.24, 2.45) is 10.4 Å².